The van der Waals surface area contributed by atoms with E-state index in [9.17, 15) is 9.59 Å². The Bertz CT molecular complexity index is 734. The molecule has 152 valence electrons. The SMILES string of the molecule is Cc1nc2c(c(=O)[nH]1)CCN(CC1CC3(CCNCC3)C(=O)O1)CC2.Cl.Cl. The van der Waals surface area contributed by atoms with E-state index in [0.717, 1.165) is 69.7 Å². The number of aromatic nitrogens is 2. The van der Waals surface area contributed by atoms with Crippen LogP contribution in [0.4, 0.5) is 0 Å². The summed E-state index contributed by atoms with van der Waals surface area (Å²) in [6.07, 6.45) is 4.04. The van der Waals surface area contributed by atoms with Gasteiger partial charge in [0.25, 0.3) is 5.56 Å². The Labute approximate surface area is 171 Å². The van der Waals surface area contributed by atoms with E-state index < -0.39 is 0 Å². The lowest BCUT2D eigenvalue weighted by Gasteiger charge is -2.29. The summed E-state index contributed by atoms with van der Waals surface area (Å²) in [5, 5.41) is 3.32. The lowest BCUT2D eigenvalue weighted by atomic mass is 9.76. The fourth-order valence-corrected chi connectivity index (χ4v) is 4.50. The van der Waals surface area contributed by atoms with Gasteiger partial charge in [-0.3, -0.25) is 14.5 Å². The van der Waals surface area contributed by atoms with Gasteiger partial charge in [-0.15, -0.1) is 24.8 Å². The summed E-state index contributed by atoms with van der Waals surface area (Å²) in [5.74, 6) is 0.667. The molecule has 0 aromatic carbocycles. The van der Waals surface area contributed by atoms with Gasteiger partial charge in [0.15, 0.2) is 0 Å². The van der Waals surface area contributed by atoms with Gasteiger partial charge in [0.2, 0.25) is 0 Å². The smallest absolute Gasteiger partial charge is 0.312 e. The zero-order valence-electron chi connectivity index (χ0n) is 15.6. The van der Waals surface area contributed by atoms with Crippen molar-refractivity contribution in [3.63, 3.8) is 0 Å². The Kier molecular flexibility index (Phi) is 7.30. The summed E-state index contributed by atoms with van der Waals surface area (Å²) in [6, 6.07) is 0. The number of cyclic esters (lactones) is 1. The quantitative estimate of drug-likeness (QED) is 0.696. The fraction of sp³-hybridized carbons (Fsp3) is 0.722. The second-order valence-corrected chi connectivity index (χ2v) is 7.64. The largest absolute Gasteiger partial charge is 0.461 e. The third-order valence-electron chi connectivity index (χ3n) is 5.91. The first-order chi connectivity index (χ1) is 12.1. The van der Waals surface area contributed by atoms with Gasteiger partial charge in [-0.05, 0) is 39.3 Å². The van der Waals surface area contributed by atoms with Gasteiger partial charge in [0.1, 0.15) is 11.9 Å². The van der Waals surface area contributed by atoms with E-state index in [1.165, 1.54) is 0 Å². The molecule has 3 aliphatic rings. The minimum absolute atomic E-state index is 0. The Morgan fingerprint density at radius 2 is 1.89 bits per heavy atom. The highest BCUT2D eigenvalue weighted by Crippen LogP contribution is 2.41. The number of nitrogens with zero attached hydrogens (tertiary/aromatic N) is 2. The van der Waals surface area contributed by atoms with Crippen molar-refractivity contribution in [3.8, 4) is 0 Å². The number of esters is 1. The van der Waals surface area contributed by atoms with Crippen LogP contribution in [-0.4, -0.2) is 59.7 Å². The molecule has 1 spiro atoms. The van der Waals surface area contributed by atoms with Crippen LogP contribution in [0.5, 0.6) is 0 Å². The highest BCUT2D eigenvalue weighted by Gasteiger charge is 2.49. The number of H-pyrrole nitrogens is 1. The van der Waals surface area contributed by atoms with E-state index in [1.807, 2.05) is 6.92 Å². The van der Waals surface area contributed by atoms with Crippen LogP contribution < -0.4 is 10.9 Å². The van der Waals surface area contributed by atoms with Crippen LogP contribution in [0.3, 0.4) is 0 Å². The molecule has 1 aromatic heterocycles. The summed E-state index contributed by atoms with van der Waals surface area (Å²) in [5.41, 5.74) is 1.46. The topological polar surface area (TPSA) is 87.3 Å². The number of hydrogen-bond acceptors (Lipinski definition) is 6. The molecular weight excluding hydrogens is 391 g/mol. The number of carbonyl (C=O) groups excluding carboxylic acids is 1. The van der Waals surface area contributed by atoms with Gasteiger partial charge in [-0.25, -0.2) is 4.98 Å². The van der Waals surface area contributed by atoms with Crippen molar-refractivity contribution in [2.45, 2.75) is 45.1 Å². The summed E-state index contributed by atoms with van der Waals surface area (Å²) >= 11 is 0. The standard InChI is InChI=1S/C18H26N4O3.2ClH/c1-12-20-15-3-9-22(8-2-14(15)16(23)21-12)11-13-10-18(17(24)25-13)4-6-19-7-5-18;;/h13,19H,2-11H2,1H3,(H,20,21,23);2*1H. The van der Waals surface area contributed by atoms with E-state index in [2.05, 4.69) is 20.2 Å². The van der Waals surface area contributed by atoms with Crippen LogP contribution >= 0.6 is 24.8 Å². The fourth-order valence-electron chi connectivity index (χ4n) is 4.50. The number of carbonyl (C=O) groups is 1. The van der Waals surface area contributed by atoms with Crippen LogP contribution in [0.1, 0.15) is 36.3 Å². The lowest BCUT2D eigenvalue weighted by molar-refractivity contribution is -0.150. The first-order valence-corrected chi connectivity index (χ1v) is 9.29. The number of nitrogens with one attached hydrogen (secondary N) is 2. The molecule has 0 radical (unpaired) electrons. The third-order valence-corrected chi connectivity index (χ3v) is 5.91. The van der Waals surface area contributed by atoms with Crippen LogP contribution in [0.25, 0.3) is 0 Å². The number of rotatable bonds is 2. The van der Waals surface area contributed by atoms with Crippen molar-refractivity contribution in [1.82, 2.24) is 20.2 Å². The van der Waals surface area contributed by atoms with Crippen molar-refractivity contribution >= 4 is 30.8 Å². The monoisotopic (exact) mass is 418 g/mol. The van der Waals surface area contributed by atoms with Crippen molar-refractivity contribution in [2.24, 2.45) is 5.41 Å². The molecular formula is C18H28Cl2N4O3. The Morgan fingerprint density at radius 3 is 2.63 bits per heavy atom. The average Bonchev–Trinajstić information content (AvgIpc) is 2.74. The highest BCUT2D eigenvalue weighted by atomic mass is 35.5. The van der Waals surface area contributed by atoms with Crippen LogP contribution in [0, 0.1) is 12.3 Å². The minimum Gasteiger partial charge on any atom is -0.461 e. The Morgan fingerprint density at radius 1 is 1.19 bits per heavy atom. The maximum atomic E-state index is 12.4. The van der Waals surface area contributed by atoms with Gasteiger partial charge in [0, 0.05) is 38.0 Å². The number of aryl methyl sites for hydroxylation is 1. The molecule has 4 heterocycles. The molecule has 9 heteroatoms. The van der Waals surface area contributed by atoms with Gasteiger partial charge < -0.3 is 15.0 Å². The van der Waals surface area contributed by atoms with Crippen LogP contribution in [0.2, 0.25) is 0 Å². The molecule has 0 aliphatic carbocycles. The number of halogens is 2. The summed E-state index contributed by atoms with van der Waals surface area (Å²) in [7, 11) is 0. The summed E-state index contributed by atoms with van der Waals surface area (Å²) in [4.78, 5) is 34.2. The number of fused-ring (bicyclic) bond motifs is 1. The second-order valence-electron chi connectivity index (χ2n) is 7.64. The van der Waals surface area contributed by atoms with Crippen molar-refractivity contribution in [3.05, 3.63) is 27.4 Å². The van der Waals surface area contributed by atoms with Gasteiger partial charge in [-0.1, -0.05) is 0 Å². The number of ether oxygens (including phenoxy) is 1. The zero-order chi connectivity index (χ0) is 17.4. The van der Waals surface area contributed by atoms with Crippen molar-refractivity contribution < 1.29 is 9.53 Å². The average molecular weight is 419 g/mol. The molecule has 3 aliphatic heterocycles. The third kappa shape index (κ3) is 4.47. The Hall–Kier alpha value is -1.15. The minimum atomic E-state index is -0.263. The molecule has 2 N–H and O–H groups in total. The maximum Gasteiger partial charge on any atom is 0.312 e. The molecule has 2 saturated heterocycles. The van der Waals surface area contributed by atoms with E-state index in [1.54, 1.807) is 0 Å². The molecule has 1 aromatic rings. The Balaban J connectivity index is 0.00000131. The van der Waals surface area contributed by atoms with E-state index in [-0.39, 0.29) is 47.9 Å². The second kappa shape index (κ2) is 8.90. The van der Waals surface area contributed by atoms with Crippen LogP contribution in [0.15, 0.2) is 4.79 Å². The van der Waals surface area contributed by atoms with E-state index in [0.29, 0.717) is 12.2 Å². The lowest BCUT2D eigenvalue weighted by Crippen LogP contribution is -2.40. The van der Waals surface area contributed by atoms with Crippen molar-refractivity contribution in [2.75, 3.05) is 32.7 Å². The summed E-state index contributed by atoms with van der Waals surface area (Å²) in [6.45, 7) is 6.03. The predicted molar refractivity (Wildman–Crippen MR) is 107 cm³/mol. The molecule has 4 rings (SSSR count). The number of hydrogen-bond donors (Lipinski definition) is 2. The number of aromatic amines is 1. The van der Waals surface area contributed by atoms with Crippen molar-refractivity contribution in [1.29, 1.82) is 0 Å². The molecule has 0 amide bonds. The van der Waals surface area contributed by atoms with Gasteiger partial charge in [0.05, 0.1) is 11.1 Å². The molecule has 0 bridgehead atoms. The van der Waals surface area contributed by atoms with E-state index in [4.69, 9.17) is 4.74 Å². The molecule has 7 nitrogen and oxygen atoms in total. The van der Waals surface area contributed by atoms with Crippen LogP contribution in [-0.2, 0) is 22.4 Å². The molecule has 0 saturated carbocycles. The maximum absolute atomic E-state index is 12.4. The first kappa shape index (κ1) is 22.1. The van der Waals surface area contributed by atoms with Gasteiger partial charge >= 0.3 is 5.97 Å². The predicted octanol–water partition coefficient (Wildman–Crippen LogP) is 1.01. The molecule has 1 unspecified atom stereocenters. The molecule has 27 heavy (non-hydrogen) atoms. The van der Waals surface area contributed by atoms with Gasteiger partial charge in [-0.2, -0.15) is 0 Å². The van der Waals surface area contributed by atoms with E-state index >= 15 is 0 Å². The number of piperidine rings is 1. The summed E-state index contributed by atoms with van der Waals surface area (Å²) < 4.78 is 5.73. The molecule has 1 atom stereocenters. The highest BCUT2D eigenvalue weighted by molar-refractivity contribution is 5.85. The molecule has 2 fully saturated rings. The normalized spacial score (nSPS) is 24.3. The zero-order valence-corrected chi connectivity index (χ0v) is 17.2. The first-order valence-electron chi connectivity index (χ1n) is 9.29.